The SMILES string of the molecule is C=CC(=O)C[C@H]1CCOC[C@H]1Nc1ncc2cc(-c3c(Cl)c(OC)cc(OC)c3Cl)c(=O)n(CCCN3CCN(C(=O)C#CC)CC3)c2n1. The van der Waals surface area contributed by atoms with E-state index in [4.69, 9.17) is 42.4 Å². The Bertz CT molecular complexity index is 1820. The fourth-order valence-electron chi connectivity index (χ4n) is 6.24. The van der Waals surface area contributed by atoms with Gasteiger partial charge >= 0.3 is 0 Å². The molecule has 2 fully saturated rings. The smallest absolute Gasteiger partial charge is 0.298 e. The number of aryl methyl sites for hydroxylation is 1. The standard InChI is InChI=1S/C35H40Cl2N6O6/c1-5-8-29(45)42-14-12-41(13-15-42)10-7-11-43-33-23(18-25(34(43)46)30-31(36)27(47-3)19-28(48-4)32(30)37)20-38-35(40-33)39-26-21-49-16-9-22(26)17-24(44)6-2/h6,18-20,22,26H,2,7,9-17,21H2,1,3-4H3,(H,38,39,40)/t22-,26-/m1/s1. The number of nitrogens with zero attached hydrogens (tertiary/aromatic N) is 5. The van der Waals surface area contributed by atoms with E-state index in [0.717, 1.165) is 0 Å². The van der Waals surface area contributed by atoms with E-state index < -0.39 is 0 Å². The summed E-state index contributed by atoms with van der Waals surface area (Å²) in [7, 11) is 2.95. The van der Waals surface area contributed by atoms with Crippen LogP contribution in [0.25, 0.3) is 22.2 Å². The molecule has 12 nitrogen and oxygen atoms in total. The number of carbonyl (C=O) groups is 2. The molecule has 2 saturated heterocycles. The Kier molecular flexibility index (Phi) is 12.2. The zero-order chi connectivity index (χ0) is 35.1. The second-order valence-corrected chi connectivity index (χ2v) is 12.6. The van der Waals surface area contributed by atoms with Crippen LogP contribution in [0.15, 0.2) is 35.8 Å². The largest absolute Gasteiger partial charge is 0.495 e. The third-order valence-corrected chi connectivity index (χ3v) is 9.67. The predicted octanol–water partition coefficient (Wildman–Crippen LogP) is 4.30. The molecule has 0 aliphatic carbocycles. The highest BCUT2D eigenvalue weighted by atomic mass is 35.5. The highest BCUT2D eigenvalue weighted by molar-refractivity contribution is 6.41. The molecule has 2 atom stereocenters. The lowest BCUT2D eigenvalue weighted by Crippen LogP contribution is -2.48. The molecule has 1 aromatic carbocycles. The molecule has 49 heavy (non-hydrogen) atoms. The molecule has 14 heteroatoms. The summed E-state index contributed by atoms with van der Waals surface area (Å²) in [6.45, 7) is 9.83. The Morgan fingerprint density at radius 2 is 1.84 bits per heavy atom. The maximum atomic E-state index is 14.4. The van der Waals surface area contributed by atoms with E-state index in [0.29, 0.717) is 100 Å². The summed E-state index contributed by atoms with van der Waals surface area (Å²) in [6.07, 6.45) is 4.66. The summed E-state index contributed by atoms with van der Waals surface area (Å²) >= 11 is 13.5. The molecule has 3 aromatic rings. The molecule has 1 N–H and O–H groups in total. The number of pyridine rings is 1. The number of ketones is 1. The van der Waals surface area contributed by atoms with Gasteiger partial charge in [-0.15, -0.1) is 0 Å². The van der Waals surface area contributed by atoms with Crippen molar-refractivity contribution < 1.29 is 23.8 Å². The molecule has 2 aromatic heterocycles. The van der Waals surface area contributed by atoms with Gasteiger partial charge in [-0.1, -0.05) is 35.7 Å². The highest BCUT2D eigenvalue weighted by Crippen LogP contribution is 2.45. The summed E-state index contributed by atoms with van der Waals surface area (Å²) in [5.74, 6) is 6.02. The summed E-state index contributed by atoms with van der Waals surface area (Å²) in [5.41, 5.74) is 0.613. The van der Waals surface area contributed by atoms with Gasteiger partial charge in [0, 0.05) is 69.0 Å². The molecular weight excluding hydrogens is 671 g/mol. The molecule has 0 bridgehead atoms. The molecule has 260 valence electrons. The van der Waals surface area contributed by atoms with Gasteiger partial charge in [0.25, 0.3) is 11.5 Å². The van der Waals surface area contributed by atoms with Crippen molar-refractivity contribution in [3.63, 3.8) is 0 Å². The van der Waals surface area contributed by atoms with E-state index in [1.165, 1.54) is 20.3 Å². The van der Waals surface area contributed by atoms with Gasteiger partial charge < -0.3 is 24.4 Å². The Balaban J connectivity index is 1.49. The molecule has 0 unspecified atom stereocenters. The number of halogens is 2. The van der Waals surface area contributed by atoms with Crippen molar-refractivity contribution in [1.29, 1.82) is 0 Å². The van der Waals surface area contributed by atoms with Crippen LogP contribution in [0.2, 0.25) is 10.0 Å². The average molecular weight is 712 g/mol. The lowest BCUT2D eigenvalue weighted by atomic mass is 9.90. The van der Waals surface area contributed by atoms with Gasteiger partial charge in [-0.3, -0.25) is 23.9 Å². The van der Waals surface area contributed by atoms with Gasteiger partial charge in [0.05, 0.1) is 42.5 Å². The number of carbonyl (C=O) groups excluding carboxylic acids is 2. The first-order valence-electron chi connectivity index (χ1n) is 16.1. The quantitative estimate of drug-likeness (QED) is 0.215. The molecule has 2 aliphatic heterocycles. The number of rotatable bonds is 12. The van der Waals surface area contributed by atoms with Crippen molar-refractivity contribution in [2.75, 3.05) is 65.5 Å². The first-order chi connectivity index (χ1) is 23.7. The van der Waals surface area contributed by atoms with Crippen molar-refractivity contribution in [3.05, 3.63) is 51.4 Å². The number of benzene rings is 1. The summed E-state index contributed by atoms with van der Waals surface area (Å²) in [5, 5.41) is 4.29. The van der Waals surface area contributed by atoms with Crippen LogP contribution in [-0.2, 0) is 20.9 Å². The summed E-state index contributed by atoms with van der Waals surface area (Å²) < 4.78 is 18.3. The fraction of sp³-hybridized carbons (Fsp3) is 0.457. The molecule has 2 aliphatic rings. The van der Waals surface area contributed by atoms with Crippen LogP contribution in [0.5, 0.6) is 11.5 Å². The van der Waals surface area contributed by atoms with Gasteiger partial charge in [0.1, 0.15) is 17.1 Å². The van der Waals surface area contributed by atoms with Crippen molar-refractivity contribution in [3.8, 4) is 34.5 Å². The first-order valence-corrected chi connectivity index (χ1v) is 16.9. The van der Waals surface area contributed by atoms with Gasteiger partial charge in [-0.25, -0.2) is 4.98 Å². The van der Waals surface area contributed by atoms with Crippen LogP contribution in [0.1, 0.15) is 26.2 Å². The second kappa shape index (κ2) is 16.5. The lowest BCUT2D eigenvalue weighted by molar-refractivity contribution is -0.126. The van der Waals surface area contributed by atoms with Crippen molar-refractivity contribution in [1.82, 2.24) is 24.3 Å². The van der Waals surface area contributed by atoms with E-state index in [9.17, 15) is 14.4 Å². The third kappa shape index (κ3) is 8.19. The summed E-state index contributed by atoms with van der Waals surface area (Å²) in [4.78, 5) is 52.2. The van der Waals surface area contributed by atoms with Crippen molar-refractivity contribution in [2.45, 2.75) is 38.8 Å². The van der Waals surface area contributed by atoms with Crippen LogP contribution in [0.3, 0.4) is 0 Å². The predicted molar refractivity (Wildman–Crippen MR) is 190 cm³/mol. The molecular formula is C35H40Cl2N6O6. The van der Waals surface area contributed by atoms with Crippen molar-refractivity contribution >= 4 is 51.9 Å². The Morgan fingerprint density at radius 1 is 1.12 bits per heavy atom. The van der Waals surface area contributed by atoms with Gasteiger partial charge in [0.15, 0.2) is 5.78 Å². The average Bonchev–Trinajstić information content (AvgIpc) is 3.11. The zero-order valence-corrected chi connectivity index (χ0v) is 29.4. The lowest BCUT2D eigenvalue weighted by Gasteiger charge is -2.33. The van der Waals surface area contributed by atoms with E-state index in [-0.39, 0.29) is 50.4 Å². The maximum absolute atomic E-state index is 14.4. The molecule has 0 spiro atoms. The molecule has 5 rings (SSSR count). The fourth-order valence-corrected chi connectivity index (χ4v) is 6.95. The minimum absolute atomic E-state index is 0.0141. The van der Waals surface area contributed by atoms with Gasteiger partial charge in [-0.05, 0) is 50.3 Å². The molecule has 4 heterocycles. The van der Waals surface area contributed by atoms with Crippen LogP contribution in [0.4, 0.5) is 5.95 Å². The minimum atomic E-state index is -0.347. The van der Waals surface area contributed by atoms with Crippen LogP contribution in [-0.4, -0.2) is 102 Å². The van der Waals surface area contributed by atoms with Crippen LogP contribution < -0.4 is 20.3 Å². The van der Waals surface area contributed by atoms with E-state index >= 15 is 0 Å². The number of hydrogen-bond acceptors (Lipinski definition) is 10. The first kappa shape index (κ1) is 36.1. The van der Waals surface area contributed by atoms with Crippen LogP contribution in [0, 0.1) is 17.8 Å². The number of allylic oxidation sites excluding steroid dienone is 1. The second-order valence-electron chi connectivity index (χ2n) is 11.9. The molecule has 0 radical (unpaired) electrons. The highest BCUT2D eigenvalue weighted by Gasteiger charge is 2.29. The number of aromatic nitrogens is 3. The monoisotopic (exact) mass is 710 g/mol. The maximum Gasteiger partial charge on any atom is 0.298 e. The van der Waals surface area contributed by atoms with Gasteiger partial charge in [0.2, 0.25) is 5.95 Å². The normalized spacial score (nSPS) is 18.0. The minimum Gasteiger partial charge on any atom is -0.495 e. The van der Waals surface area contributed by atoms with E-state index in [1.807, 2.05) is 0 Å². The van der Waals surface area contributed by atoms with E-state index in [2.05, 4.69) is 33.6 Å². The number of nitrogens with one attached hydrogen (secondary N) is 1. The number of anilines is 1. The number of piperazine rings is 1. The summed E-state index contributed by atoms with van der Waals surface area (Å²) in [6, 6.07) is 3.04. The Labute approximate surface area is 295 Å². The number of methoxy groups -OCH3 is 2. The number of amides is 1. The third-order valence-electron chi connectivity index (χ3n) is 8.92. The number of hydrogen-bond donors (Lipinski definition) is 1. The van der Waals surface area contributed by atoms with E-state index in [1.54, 1.807) is 34.7 Å². The van der Waals surface area contributed by atoms with Crippen LogP contribution >= 0.6 is 23.2 Å². The number of ether oxygens (including phenoxy) is 3. The number of fused-ring (bicyclic) bond motifs is 1. The zero-order valence-electron chi connectivity index (χ0n) is 27.9. The Hall–Kier alpha value is -4.15. The van der Waals surface area contributed by atoms with Crippen molar-refractivity contribution in [2.24, 2.45) is 5.92 Å². The Morgan fingerprint density at radius 3 is 2.49 bits per heavy atom. The molecule has 1 amide bonds. The molecule has 0 saturated carbocycles. The topological polar surface area (TPSA) is 128 Å². The van der Waals surface area contributed by atoms with Gasteiger partial charge in [-0.2, -0.15) is 4.98 Å².